The number of hydrogen-bond donors (Lipinski definition) is 1. The van der Waals surface area contributed by atoms with E-state index in [0.717, 1.165) is 25.3 Å². The predicted molar refractivity (Wildman–Crippen MR) is 96.1 cm³/mol. The minimum Gasteiger partial charge on any atom is -0.481 e. The fraction of sp³-hybridized carbons (Fsp3) is 0.350. The monoisotopic (exact) mass is 324 g/mol. The van der Waals surface area contributed by atoms with Crippen molar-refractivity contribution in [3.8, 4) is 0 Å². The maximum atomic E-state index is 11.4. The number of rotatable bonds is 5. The molecule has 1 fully saturated rings. The van der Waals surface area contributed by atoms with Crippen LogP contribution >= 0.6 is 0 Å². The second-order valence-corrected chi connectivity index (χ2v) is 6.39. The Balaban J connectivity index is 1.79. The molecule has 1 aliphatic heterocycles. The highest BCUT2D eigenvalue weighted by atomic mass is 16.4. The number of benzene rings is 2. The van der Waals surface area contributed by atoms with Crippen LogP contribution in [0, 0.1) is 0 Å². The number of aliphatic carboxylic acids is 1. The van der Waals surface area contributed by atoms with E-state index < -0.39 is 5.97 Å². The maximum absolute atomic E-state index is 11.4. The lowest BCUT2D eigenvalue weighted by atomic mass is 9.98. The van der Waals surface area contributed by atoms with E-state index in [9.17, 15) is 9.90 Å². The molecule has 2 atom stereocenters. The van der Waals surface area contributed by atoms with Gasteiger partial charge < -0.3 is 10.0 Å². The minimum atomic E-state index is -0.741. The van der Waals surface area contributed by atoms with Crippen molar-refractivity contribution in [3.63, 3.8) is 0 Å². The molecule has 0 spiro atoms. The Morgan fingerprint density at radius 1 is 1.04 bits per heavy atom. The Hall–Kier alpha value is -2.33. The highest BCUT2D eigenvalue weighted by molar-refractivity contribution is 5.69. The molecule has 0 saturated carbocycles. The summed E-state index contributed by atoms with van der Waals surface area (Å²) in [6, 6.07) is 20.7. The Morgan fingerprint density at radius 3 is 2.29 bits per heavy atom. The molecule has 3 rings (SSSR count). The first-order valence-electron chi connectivity index (χ1n) is 8.46. The van der Waals surface area contributed by atoms with Gasteiger partial charge in [-0.15, -0.1) is 0 Å². The molecule has 0 amide bonds. The quantitative estimate of drug-likeness (QED) is 0.917. The molecule has 4 nitrogen and oxygen atoms in total. The van der Waals surface area contributed by atoms with Crippen LogP contribution in [0.25, 0.3) is 0 Å². The molecule has 24 heavy (non-hydrogen) atoms. The van der Waals surface area contributed by atoms with Crippen LogP contribution in [0.4, 0.5) is 5.69 Å². The van der Waals surface area contributed by atoms with Crippen molar-refractivity contribution in [3.05, 3.63) is 66.2 Å². The van der Waals surface area contributed by atoms with Gasteiger partial charge in [-0.05, 0) is 24.6 Å². The lowest BCUT2D eigenvalue weighted by Gasteiger charge is -2.47. The summed E-state index contributed by atoms with van der Waals surface area (Å²) >= 11 is 0. The van der Waals surface area contributed by atoms with Crippen LogP contribution in [-0.4, -0.2) is 41.1 Å². The second-order valence-electron chi connectivity index (χ2n) is 6.39. The van der Waals surface area contributed by atoms with E-state index in [1.165, 1.54) is 5.56 Å². The van der Waals surface area contributed by atoms with Gasteiger partial charge in [-0.1, -0.05) is 48.5 Å². The highest BCUT2D eigenvalue weighted by Crippen LogP contribution is 2.27. The van der Waals surface area contributed by atoms with Gasteiger partial charge in [0.15, 0.2) is 0 Å². The third-order valence-corrected chi connectivity index (χ3v) is 4.86. The topological polar surface area (TPSA) is 43.8 Å². The molecule has 2 aromatic carbocycles. The summed E-state index contributed by atoms with van der Waals surface area (Å²) in [5.41, 5.74) is 2.38. The number of anilines is 1. The Morgan fingerprint density at radius 2 is 1.67 bits per heavy atom. The standard InChI is InChI=1S/C20H24N2O2/c1-16-19(14-20(23)24)22(18-10-6-3-7-11-18)13-12-21(16)15-17-8-4-2-5-9-17/h2-11,16,19H,12-15H2,1H3,(H,23,24)/t16-,19+/m0/s1. The second kappa shape index (κ2) is 7.49. The predicted octanol–water partition coefficient (Wildman–Crippen LogP) is 3.24. The van der Waals surface area contributed by atoms with Crippen LogP contribution in [0.2, 0.25) is 0 Å². The summed E-state index contributed by atoms with van der Waals surface area (Å²) in [6.45, 7) is 4.78. The van der Waals surface area contributed by atoms with Gasteiger partial charge >= 0.3 is 5.97 Å². The Bertz CT molecular complexity index is 660. The van der Waals surface area contributed by atoms with Crippen molar-refractivity contribution < 1.29 is 9.90 Å². The number of hydrogen-bond acceptors (Lipinski definition) is 3. The average molecular weight is 324 g/mol. The van der Waals surface area contributed by atoms with Gasteiger partial charge in [-0.2, -0.15) is 0 Å². The molecule has 0 unspecified atom stereocenters. The van der Waals surface area contributed by atoms with Gasteiger partial charge in [0.05, 0.1) is 12.5 Å². The molecule has 126 valence electrons. The van der Waals surface area contributed by atoms with Crippen LogP contribution < -0.4 is 4.90 Å². The zero-order valence-electron chi connectivity index (χ0n) is 14.0. The van der Waals surface area contributed by atoms with Crippen LogP contribution in [0.5, 0.6) is 0 Å². The summed E-state index contributed by atoms with van der Waals surface area (Å²) in [5.74, 6) is -0.741. The first-order chi connectivity index (χ1) is 11.6. The zero-order chi connectivity index (χ0) is 16.9. The summed E-state index contributed by atoms with van der Waals surface area (Å²) < 4.78 is 0. The first-order valence-corrected chi connectivity index (χ1v) is 8.46. The summed E-state index contributed by atoms with van der Waals surface area (Å²) in [6.07, 6.45) is 0.154. The van der Waals surface area contributed by atoms with E-state index in [1.54, 1.807) is 0 Å². The maximum Gasteiger partial charge on any atom is 0.305 e. The SMILES string of the molecule is C[C@H]1[C@@H](CC(=O)O)N(c2ccccc2)CCN1Cc1ccccc1. The van der Waals surface area contributed by atoms with Gasteiger partial charge in [-0.3, -0.25) is 9.69 Å². The molecule has 2 aromatic rings. The third kappa shape index (κ3) is 3.77. The third-order valence-electron chi connectivity index (χ3n) is 4.86. The number of carboxylic acid groups (broad SMARTS) is 1. The number of nitrogens with zero attached hydrogens (tertiary/aromatic N) is 2. The summed E-state index contributed by atoms with van der Waals surface area (Å²) in [7, 11) is 0. The molecule has 1 heterocycles. The van der Waals surface area contributed by atoms with Crippen LogP contribution in [0.1, 0.15) is 18.9 Å². The van der Waals surface area contributed by atoms with Gasteiger partial charge in [0.2, 0.25) is 0 Å². The zero-order valence-corrected chi connectivity index (χ0v) is 14.0. The average Bonchev–Trinajstić information content (AvgIpc) is 2.60. The van der Waals surface area contributed by atoms with Crippen molar-refractivity contribution in [2.75, 3.05) is 18.0 Å². The van der Waals surface area contributed by atoms with Gasteiger partial charge in [0.1, 0.15) is 0 Å². The molecule has 1 N–H and O–H groups in total. The normalized spacial score (nSPS) is 21.6. The molecule has 4 heteroatoms. The fourth-order valence-corrected chi connectivity index (χ4v) is 3.55. The van der Waals surface area contributed by atoms with Crippen molar-refractivity contribution >= 4 is 11.7 Å². The largest absolute Gasteiger partial charge is 0.481 e. The molecule has 0 aromatic heterocycles. The molecular formula is C20H24N2O2. The number of carboxylic acids is 1. The lowest BCUT2D eigenvalue weighted by Crippen LogP contribution is -2.58. The van der Waals surface area contributed by atoms with Crippen molar-refractivity contribution in [2.45, 2.75) is 32.0 Å². The highest BCUT2D eigenvalue weighted by Gasteiger charge is 2.35. The molecule has 1 saturated heterocycles. The molecular weight excluding hydrogens is 300 g/mol. The summed E-state index contributed by atoms with van der Waals surface area (Å²) in [4.78, 5) is 16.1. The van der Waals surface area contributed by atoms with Gasteiger partial charge in [0, 0.05) is 31.4 Å². The van der Waals surface area contributed by atoms with E-state index >= 15 is 0 Å². The van der Waals surface area contributed by atoms with Crippen molar-refractivity contribution in [2.24, 2.45) is 0 Å². The van der Waals surface area contributed by atoms with E-state index in [-0.39, 0.29) is 18.5 Å². The van der Waals surface area contributed by atoms with Crippen LogP contribution in [0.3, 0.4) is 0 Å². The summed E-state index contributed by atoms with van der Waals surface area (Å²) in [5, 5.41) is 9.38. The van der Waals surface area contributed by atoms with Gasteiger partial charge in [-0.25, -0.2) is 0 Å². The van der Waals surface area contributed by atoms with Gasteiger partial charge in [0.25, 0.3) is 0 Å². The lowest BCUT2D eigenvalue weighted by molar-refractivity contribution is -0.138. The number of para-hydroxylation sites is 1. The van der Waals surface area contributed by atoms with E-state index in [0.29, 0.717) is 0 Å². The fourth-order valence-electron chi connectivity index (χ4n) is 3.55. The van der Waals surface area contributed by atoms with Crippen LogP contribution in [-0.2, 0) is 11.3 Å². The van der Waals surface area contributed by atoms with E-state index in [4.69, 9.17) is 0 Å². The minimum absolute atomic E-state index is 0.0256. The van der Waals surface area contributed by atoms with Crippen molar-refractivity contribution in [1.29, 1.82) is 0 Å². The molecule has 1 aliphatic rings. The smallest absolute Gasteiger partial charge is 0.305 e. The molecule has 0 bridgehead atoms. The Labute approximate surface area is 143 Å². The number of piperazine rings is 1. The first kappa shape index (κ1) is 16.5. The van der Waals surface area contributed by atoms with Crippen molar-refractivity contribution in [1.82, 2.24) is 4.90 Å². The number of carbonyl (C=O) groups is 1. The molecule has 0 aliphatic carbocycles. The Kier molecular flexibility index (Phi) is 5.16. The van der Waals surface area contributed by atoms with Crippen LogP contribution in [0.15, 0.2) is 60.7 Å². The molecule has 0 radical (unpaired) electrons. The van der Waals surface area contributed by atoms with E-state index in [1.807, 2.05) is 24.3 Å². The van der Waals surface area contributed by atoms with E-state index in [2.05, 4.69) is 53.1 Å².